The first-order valence-electron chi connectivity index (χ1n) is 10.7. The summed E-state index contributed by atoms with van der Waals surface area (Å²) >= 11 is 7.42. The van der Waals surface area contributed by atoms with Crippen molar-refractivity contribution >= 4 is 45.9 Å². The number of methoxy groups -OCH3 is 3. The number of hydrazone groups is 1. The molecule has 0 spiro atoms. The molecule has 0 unspecified atom stereocenters. The molecule has 1 heterocycles. The summed E-state index contributed by atoms with van der Waals surface area (Å²) in [4.78, 5) is 17.2. The zero-order chi connectivity index (χ0) is 25.5. The Labute approximate surface area is 217 Å². The Balaban J connectivity index is 1.39. The number of thiazole rings is 1. The summed E-state index contributed by atoms with van der Waals surface area (Å²) in [5.41, 5.74) is 6.28. The van der Waals surface area contributed by atoms with Gasteiger partial charge in [-0.25, -0.2) is 10.4 Å². The molecule has 10 heteroatoms. The van der Waals surface area contributed by atoms with E-state index in [1.165, 1.54) is 38.9 Å². The molecule has 0 aliphatic carbocycles. The van der Waals surface area contributed by atoms with Crippen LogP contribution in [0.15, 0.2) is 71.1 Å². The number of amides is 1. The lowest BCUT2D eigenvalue weighted by molar-refractivity contribution is 0.0955. The number of carbonyl (C=O) groups is 1. The lowest BCUT2D eigenvalue weighted by Crippen LogP contribution is -2.17. The Kier molecular flexibility index (Phi) is 8.04. The summed E-state index contributed by atoms with van der Waals surface area (Å²) in [6.45, 7) is 0. The van der Waals surface area contributed by atoms with Gasteiger partial charge in [0.2, 0.25) is 5.75 Å². The highest BCUT2D eigenvalue weighted by molar-refractivity contribution is 7.14. The van der Waals surface area contributed by atoms with E-state index in [2.05, 4.69) is 20.8 Å². The highest BCUT2D eigenvalue weighted by Gasteiger charge is 2.13. The van der Waals surface area contributed by atoms with Gasteiger partial charge in [0.15, 0.2) is 16.6 Å². The molecule has 1 amide bonds. The number of rotatable bonds is 9. The molecule has 4 aromatic rings. The van der Waals surface area contributed by atoms with Gasteiger partial charge in [-0.1, -0.05) is 23.7 Å². The normalized spacial score (nSPS) is 10.8. The predicted octanol–water partition coefficient (Wildman–Crippen LogP) is 6.00. The molecule has 3 aromatic carbocycles. The molecule has 4 rings (SSSR count). The first kappa shape index (κ1) is 25.0. The molecular weight excluding hydrogens is 500 g/mol. The number of hydrogen-bond acceptors (Lipinski definition) is 8. The maximum absolute atomic E-state index is 12.5. The highest BCUT2D eigenvalue weighted by Crippen LogP contribution is 2.37. The number of nitrogens with one attached hydrogen (secondary N) is 2. The average Bonchev–Trinajstić information content (AvgIpc) is 3.37. The molecule has 36 heavy (non-hydrogen) atoms. The minimum atomic E-state index is -0.339. The van der Waals surface area contributed by atoms with Gasteiger partial charge >= 0.3 is 0 Å². The van der Waals surface area contributed by atoms with Gasteiger partial charge in [-0.15, -0.1) is 11.3 Å². The summed E-state index contributed by atoms with van der Waals surface area (Å²) in [5, 5.41) is 10.7. The maximum atomic E-state index is 12.5. The molecule has 0 atom stereocenters. The van der Waals surface area contributed by atoms with E-state index in [9.17, 15) is 4.79 Å². The second-order valence-electron chi connectivity index (χ2n) is 7.40. The van der Waals surface area contributed by atoms with Crippen molar-refractivity contribution in [2.75, 3.05) is 26.6 Å². The van der Waals surface area contributed by atoms with Crippen molar-refractivity contribution in [3.63, 3.8) is 0 Å². The van der Waals surface area contributed by atoms with E-state index in [0.717, 1.165) is 22.1 Å². The second-order valence-corrected chi connectivity index (χ2v) is 8.70. The molecule has 1 aromatic heterocycles. The van der Waals surface area contributed by atoms with Gasteiger partial charge in [0.25, 0.3) is 5.91 Å². The summed E-state index contributed by atoms with van der Waals surface area (Å²) < 4.78 is 16.0. The molecule has 0 radical (unpaired) electrons. The van der Waals surface area contributed by atoms with Crippen LogP contribution in [0.4, 0.5) is 10.8 Å². The van der Waals surface area contributed by atoms with Crippen LogP contribution in [0.25, 0.3) is 11.3 Å². The van der Waals surface area contributed by atoms with E-state index in [0.29, 0.717) is 33.4 Å². The third kappa shape index (κ3) is 5.94. The van der Waals surface area contributed by atoms with Crippen LogP contribution in [-0.2, 0) is 0 Å². The Morgan fingerprint density at radius 1 is 0.972 bits per heavy atom. The Morgan fingerprint density at radius 3 is 2.25 bits per heavy atom. The molecule has 0 saturated carbocycles. The van der Waals surface area contributed by atoms with Crippen molar-refractivity contribution in [1.82, 2.24) is 10.4 Å². The van der Waals surface area contributed by atoms with Crippen LogP contribution in [0.3, 0.4) is 0 Å². The maximum Gasteiger partial charge on any atom is 0.271 e. The van der Waals surface area contributed by atoms with E-state index < -0.39 is 0 Å². The largest absolute Gasteiger partial charge is 0.493 e. The standard InChI is InChI=1S/C26H23ClN4O4S/c1-33-22-12-16(13-23(34-2)24(22)35-3)14-28-31-25(32)18-6-4-17(5-7-18)21-15-36-26(30-21)29-20-10-8-19(27)9-11-20/h4-15H,1-3H3,(H,29,30)(H,31,32)/b28-14-. The summed E-state index contributed by atoms with van der Waals surface area (Å²) in [7, 11) is 4.60. The third-order valence-electron chi connectivity index (χ3n) is 5.11. The van der Waals surface area contributed by atoms with Crippen LogP contribution in [0.2, 0.25) is 5.02 Å². The number of anilines is 2. The van der Waals surface area contributed by atoms with Crippen molar-refractivity contribution < 1.29 is 19.0 Å². The van der Waals surface area contributed by atoms with Gasteiger partial charge in [-0.3, -0.25) is 4.79 Å². The van der Waals surface area contributed by atoms with Crippen molar-refractivity contribution in [1.29, 1.82) is 0 Å². The predicted molar refractivity (Wildman–Crippen MR) is 143 cm³/mol. The fraction of sp³-hybridized carbons (Fsp3) is 0.115. The summed E-state index contributed by atoms with van der Waals surface area (Å²) in [5.74, 6) is 1.13. The number of aromatic nitrogens is 1. The monoisotopic (exact) mass is 522 g/mol. The van der Waals surface area contributed by atoms with Crippen molar-refractivity contribution in [2.24, 2.45) is 5.10 Å². The van der Waals surface area contributed by atoms with E-state index >= 15 is 0 Å². The smallest absolute Gasteiger partial charge is 0.271 e. The first-order chi connectivity index (χ1) is 17.5. The van der Waals surface area contributed by atoms with Gasteiger partial charge in [-0.05, 0) is 48.5 Å². The molecule has 184 valence electrons. The Bertz CT molecular complexity index is 1350. The van der Waals surface area contributed by atoms with Crippen molar-refractivity contribution in [2.45, 2.75) is 0 Å². The Hall–Kier alpha value is -4.08. The number of nitrogens with zero attached hydrogens (tertiary/aromatic N) is 2. The molecular formula is C26H23ClN4O4S. The molecule has 0 aliphatic heterocycles. The molecule has 8 nitrogen and oxygen atoms in total. The number of benzene rings is 3. The quantitative estimate of drug-likeness (QED) is 0.207. The van der Waals surface area contributed by atoms with Gasteiger partial charge < -0.3 is 19.5 Å². The lowest BCUT2D eigenvalue weighted by atomic mass is 10.1. The molecule has 0 saturated heterocycles. The molecule has 0 fully saturated rings. The number of ether oxygens (including phenoxy) is 3. The third-order valence-corrected chi connectivity index (χ3v) is 6.12. The number of hydrogen-bond donors (Lipinski definition) is 2. The van der Waals surface area contributed by atoms with Gasteiger partial charge in [0.05, 0.1) is 33.2 Å². The molecule has 0 bridgehead atoms. The lowest BCUT2D eigenvalue weighted by Gasteiger charge is -2.12. The minimum Gasteiger partial charge on any atom is -0.493 e. The van der Waals surface area contributed by atoms with E-state index in [4.69, 9.17) is 25.8 Å². The SMILES string of the molecule is COc1cc(/C=N\NC(=O)c2ccc(-c3csc(Nc4ccc(Cl)cc4)n3)cc2)cc(OC)c1OC. The number of carbonyl (C=O) groups excluding carboxylic acids is 1. The van der Waals surface area contributed by atoms with E-state index in [1.807, 2.05) is 41.8 Å². The van der Waals surface area contributed by atoms with Crippen LogP contribution in [-0.4, -0.2) is 38.4 Å². The topological polar surface area (TPSA) is 94.1 Å². The fourth-order valence-corrected chi connectivity index (χ4v) is 4.18. The van der Waals surface area contributed by atoms with Crippen LogP contribution >= 0.6 is 22.9 Å². The van der Waals surface area contributed by atoms with Gasteiger partial charge in [0, 0.05) is 32.8 Å². The van der Waals surface area contributed by atoms with Crippen molar-refractivity contribution in [3.8, 4) is 28.5 Å². The van der Waals surface area contributed by atoms with E-state index in [1.54, 1.807) is 24.3 Å². The first-order valence-corrected chi connectivity index (χ1v) is 12.0. The van der Waals surface area contributed by atoms with Crippen molar-refractivity contribution in [3.05, 3.63) is 82.2 Å². The average molecular weight is 523 g/mol. The fourth-order valence-electron chi connectivity index (χ4n) is 3.32. The minimum absolute atomic E-state index is 0.339. The molecule has 2 N–H and O–H groups in total. The summed E-state index contributed by atoms with van der Waals surface area (Å²) in [6.07, 6.45) is 1.50. The van der Waals surface area contributed by atoms with E-state index in [-0.39, 0.29) is 5.91 Å². The zero-order valence-corrected chi connectivity index (χ0v) is 21.3. The summed E-state index contributed by atoms with van der Waals surface area (Å²) in [6, 6.07) is 18.0. The van der Waals surface area contributed by atoms with Crippen LogP contribution < -0.4 is 25.0 Å². The molecule has 0 aliphatic rings. The van der Waals surface area contributed by atoms with Gasteiger partial charge in [-0.2, -0.15) is 5.10 Å². The second kappa shape index (κ2) is 11.6. The number of halogens is 1. The van der Waals surface area contributed by atoms with Crippen LogP contribution in [0.5, 0.6) is 17.2 Å². The zero-order valence-electron chi connectivity index (χ0n) is 19.7. The Morgan fingerprint density at radius 2 is 1.64 bits per heavy atom. The van der Waals surface area contributed by atoms with Crippen LogP contribution in [0, 0.1) is 0 Å². The van der Waals surface area contributed by atoms with Crippen LogP contribution in [0.1, 0.15) is 15.9 Å². The highest BCUT2D eigenvalue weighted by atomic mass is 35.5. The van der Waals surface area contributed by atoms with Gasteiger partial charge in [0.1, 0.15) is 0 Å².